The highest BCUT2D eigenvalue weighted by Crippen LogP contribution is 2.28. The molecule has 6 heteroatoms. The van der Waals surface area contributed by atoms with Gasteiger partial charge in [0, 0.05) is 22.8 Å². The predicted octanol–water partition coefficient (Wildman–Crippen LogP) is 5.24. The van der Waals surface area contributed by atoms with Crippen molar-refractivity contribution in [2.45, 2.75) is 25.1 Å². The van der Waals surface area contributed by atoms with Crippen molar-refractivity contribution in [1.29, 1.82) is 0 Å². The van der Waals surface area contributed by atoms with Gasteiger partial charge in [-0.25, -0.2) is 0 Å². The van der Waals surface area contributed by atoms with Crippen LogP contribution in [0.2, 0.25) is 0 Å². The van der Waals surface area contributed by atoms with Crippen LogP contribution in [0.25, 0.3) is 0 Å². The normalized spacial score (nSPS) is 13.6. The van der Waals surface area contributed by atoms with Crippen molar-refractivity contribution in [2.75, 3.05) is 11.9 Å². The van der Waals surface area contributed by atoms with E-state index in [0.29, 0.717) is 5.33 Å². The van der Waals surface area contributed by atoms with Gasteiger partial charge in [-0.3, -0.25) is 0 Å². The summed E-state index contributed by atoms with van der Waals surface area (Å²) in [7, 11) is 0. The average molecular weight is 390 g/mol. The van der Waals surface area contributed by atoms with Crippen LogP contribution >= 0.6 is 31.9 Å². The third-order valence-corrected chi connectivity index (χ3v) is 3.63. The molecule has 1 aromatic carbocycles. The molecule has 0 aliphatic carbocycles. The maximum absolute atomic E-state index is 12.0. The molecule has 0 amide bonds. The van der Waals surface area contributed by atoms with Gasteiger partial charge in [-0.1, -0.05) is 50.1 Å². The molecule has 1 unspecified atom stereocenters. The van der Waals surface area contributed by atoms with Gasteiger partial charge < -0.3 is 4.74 Å². The average Bonchev–Trinajstić information content (AvgIpc) is 2.29. The molecular formula is C12H13Br2F3O. The van der Waals surface area contributed by atoms with Crippen molar-refractivity contribution in [3.05, 3.63) is 34.3 Å². The van der Waals surface area contributed by atoms with Gasteiger partial charge >= 0.3 is 6.18 Å². The SMILES string of the molecule is FC(F)(F)CCCOC(CBr)c1ccccc1Br. The molecule has 0 heterocycles. The second-order valence-electron chi connectivity index (χ2n) is 3.75. The van der Waals surface area contributed by atoms with Crippen molar-refractivity contribution in [3.63, 3.8) is 0 Å². The molecule has 102 valence electrons. The van der Waals surface area contributed by atoms with Gasteiger partial charge in [0.15, 0.2) is 0 Å². The number of alkyl halides is 4. The lowest BCUT2D eigenvalue weighted by atomic mass is 10.1. The molecular weight excluding hydrogens is 377 g/mol. The van der Waals surface area contributed by atoms with Crippen LogP contribution in [-0.4, -0.2) is 18.1 Å². The highest BCUT2D eigenvalue weighted by atomic mass is 79.9. The van der Waals surface area contributed by atoms with E-state index >= 15 is 0 Å². The Morgan fingerprint density at radius 3 is 2.44 bits per heavy atom. The van der Waals surface area contributed by atoms with Crippen LogP contribution in [-0.2, 0) is 4.74 Å². The smallest absolute Gasteiger partial charge is 0.373 e. The Morgan fingerprint density at radius 1 is 1.22 bits per heavy atom. The van der Waals surface area contributed by atoms with Crippen LogP contribution in [0.15, 0.2) is 28.7 Å². The molecule has 0 N–H and O–H groups in total. The Labute approximate surface area is 121 Å². The molecule has 0 saturated carbocycles. The van der Waals surface area contributed by atoms with Crippen molar-refractivity contribution in [3.8, 4) is 0 Å². The topological polar surface area (TPSA) is 9.23 Å². The quantitative estimate of drug-likeness (QED) is 0.477. The Bertz CT molecular complexity index is 369. The van der Waals surface area contributed by atoms with E-state index in [0.717, 1.165) is 10.0 Å². The van der Waals surface area contributed by atoms with Gasteiger partial charge in [-0.15, -0.1) is 0 Å². The molecule has 0 aliphatic rings. The van der Waals surface area contributed by atoms with Crippen molar-refractivity contribution >= 4 is 31.9 Å². The van der Waals surface area contributed by atoms with Gasteiger partial charge in [0.05, 0.1) is 6.10 Å². The van der Waals surface area contributed by atoms with Crippen LogP contribution in [0.4, 0.5) is 13.2 Å². The summed E-state index contributed by atoms with van der Waals surface area (Å²) in [4.78, 5) is 0. The third-order valence-electron chi connectivity index (χ3n) is 2.32. The second kappa shape index (κ2) is 7.50. The van der Waals surface area contributed by atoms with Gasteiger partial charge in [0.2, 0.25) is 0 Å². The number of ether oxygens (including phenoxy) is 1. The summed E-state index contributed by atoms with van der Waals surface area (Å²) in [5, 5.41) is 0.543. The van der Waals surface area contributed by atoms with Gasteiger partial charge in [0.1, 0.15) is 0 Å². The van der Waals surface area contributed by atoms with Gasteiger partial charge in [-0.2, -0.15) is 13.2 Å². The lowest BCUT2D eigenvalue weighted by Crippen LogP contribution is -2.12. The first-order valence-corrected chi connectivity index (χ1v) is 7.34. The Hall–Kier alpha value is -0.0700. The molecule has 1 rings (SSSR count). The molecule has 0 aromatic heterocycles. The molecule has 0 saturated heterocycles. The summed E-state index contributed by atoms with van der Waals surface area (Å²) < 4.78 is 42.3. The Morgan fingerprint density at radius 2 is 1.89 bits per heavy atom. The fraction of sp³-hybridized carbons (Fsp3) is 0.500. The minimum atomic E-state index is -4.11. The minimum absolute atomic E-state index is 0.0164. The first kappa shape index (κ1) is 16.0. The first-order valence-electron chi connectivity index (χ1n) is 5.43. The molecule has 18 heavy (non-hydrogen) atoms. The largest absolute Gasteiger partial charge is 0.389 e. The zero-order valence-electron chi connectivity index (χ0n) is 9.51. The molecule has 1 nitrogen and oxygen atoms in total. The van der Waals surface area contributed by atoms with Crippen LogP contribution in [0.5, 0.6) is 0 Å². The maximum atomic E-state index is 12.0. The number of benzene rings is 1. The van der Waals surface area contributed by atoms with Crippen LogP contribution < -0.4 is 0 Å². The van der Waals surface area contributed by atoms with E-state index in [1.807, 2.05) is 24.3 Å². The minimum Gasteiger partial charge on any atom is -0.373 e. The Balaban J connectivity index is 2.46. The molecule has 1 aromatic rings. The van der Waals surface area contributed by atoms with Crippen LogP contribution in [0.1, 0.15) is 24.5 Å². The van der Waals surface area contributed by atoms with Gasteiger partial charge in [0.25, 0.3) is 0 Å². The van der Waals surface area contributed by atoms with E-state index in [-0.39, 0.29) is 19.1 Å². The molecule has 0 radical (unpaired) electrons. The van der Waals surface area contributed by atoms with E-state index in [2.05, 4.69) is 31.9 Å². The van der Waals surface area contributed by atoms with Crippen molar-refractivity contribution in [2.24, 2.45) is 0 Å². The molecule has 0 bridgehead atoms. The van der Waals surface area contributed by atoms with Crippen LogP contribution in [0, 0.1) is 0 Å². The lowest BCUT2D eigenvalue weighted by Gasteiger charge is -2.17. The standard InChI is InChI=1S/C12H13Br2F3O/c13-8-11(9-4-1-2-5-10(9)14)18-7-3-6-12(15,16)17/h1-2,4-5,11H,3,6-8H2. The monoisotopic (exact) mass is 388 g/mol. The number of rotatable bonds is 6. The lowest BCUT2D eigenvalue weighted by molar-refractivity contribution is -0.138. The van der Waals surface area contributed by atoms with E-state index in [1.54, 1.807) is 0 Å². The molecule has 1 atom stereocenters. The summed E-state index contributed by atoms with van der Waals surface area (Å²) in [5.41, 5.74) is 0.932. The summed E-state index contributed by atoms with van der Waals surface area (Å²) in [6.45, 7) is 0.0944. The number of halogens is 5. The fourth-order valence-electron chi connectivity index (χ4n) is 1.45. The van der Waals surface area contributed by atoms with Gasteiger partial charge in [-0.05, 0) is 18.1 Å². The van der Waals surface area contributed by atoms with E-state index in [1.165, 1.54) is 0 Å². The van der Waals surface area contributed by atoms with Crippen LogP contribution in [0.3, 0.4) is 0 Å². The third kappa shape index (κ3) is 5.71. The zero-order chi connectivity index (χ0) is 13.6. The maximum Gasteiger partial charge on any atom is 0.389 e. The van der Waals surface area contributed by atoms with E-state index in [9.17, 15) is 13.2 Å². The molecule has 0 spiro atoms. The van der Waals surface area contributed by atoms with Crippen molar-refractivity contribution in [1.82, 2.24) is 0 Å². The fourth-order valence-corrected chi connectivity index (χ4v) is 2.53. The second-order valence-corrected chi connectivity index (χ2v) is 5.26. The molecule has 0 fully saturated rings. The highest BCUT2D eigenvalue weighted by Gasteiger charge is 2.26. The Kier molecular flexibility index (Phi) is 6.66. The van der Waals surface area contributed by atoms with E-state index in [4.69, 9.17) is 4.74 Å². The van der Waals surface area contributed by atoms with E-state index < -0.39 is 12.6 Å². The predicted molar refractivity (Wildman–Crippen MR) is 71.9 cm³/mol. The van der Waals surface area contributed by atoms with Crippen molar-refractivity contribution < 1.29 is 17.9 Å². The summed E-state index contributed by atoms with van der Waals surface area (Å²) in [6, 6.07) is 7.52. The first-order chi connectivity index (χ1) is 8.44. The summed E-state index contributed by atoms with van der Waals surface area (Å²) in [5.74, 6) is 0. The zero-order valence-corrected chi connectivity index (χ0v) is 12.7. The summed E-state index contributed by atoms with van der Waals surface area (Å²) in [6.07, 6.45) is -5.18. The summed E-state index contributed by atoms with van der Waals surface area (Å²) >= 11 is 6.71. The number of hydrogen-bond acceptors (Lipinski definition) is 1. The number of hydrogen-bond donors (Lipinski definition) is 0. The molecule has 0 aliphatic heterocycles. The highest BCUT2D eigenvalue weighted by molar-refractivity contribution is 9.10.